The Morgan fingerprint density at radius 1 is 1.14 bits per heavy atom. The largest absolute Gasteiger partial charge is 0.444 e. The Hall–Kier alpha value is -2.81. The van der Waals surface area contributed by atoms with Crippen LogP contribution in [-0.4, -0.2) is 41.6 Å². The fourth-order valence-electron chi connectivity index (χ4n) is 2.28. The molecule has 2 aromatic rings. The number of alkyl carbamates (subject to hydrolysis) is 1. The van der Waals surface area contributed by atoms with Crippen LogP contribution in [0.3, 0.4) is 0 Å². The summed E-state index contributed by atoms with van der Waals surface area (Å²) in [6, 6.07) is 6.92. The van der Waals surface area contributed by atoms with Gasteiger partial charge in [-0.15, -0.1) is 0 Å². The smallest absolute Gasteiger partial charge is 0.407 e. The third kappa shape index (κ3) is 6.41. The van der Waals surface area contributed by atoms with Gasteiger partial charge in [-0.25, -0.2) is 4.79 Å². The number of hydrogen-bond donors (Lipinski definition) is 4. The van der Waals surface area contributed by atoms with Gasteiger partial charge >= 0.3 is 6.09 Å². The van der Waals surface area contributed by atoms with Crippen LogP contribution in [0.4, 0.5) is 10.5 Å². The molecule has 0 aliphatic heterocycles. The topological polar surface area (TPSA) is 112 Å². The zero-order chi connectivity index (χ0) is 20.9. The lowest BCUT2D eigenvalue weighted by atomic mass is 10.2. The molecule has 8 nitrogen and oxygen atoms in total. The van der Waals surface area contributed by atoms with Gasteiger partial charge < -0.3 is 25.7 Å². The van der Waals surface area contributed by atoms with Gasteiger partial charge in [0.05, 0.1) is 4.48 Å². The van der Waals surface area contributed by atoms with E-state index in [4.69, 9.17) is 4.74 Å². The number of fused-ring (bicyclic) bond motifs is 1. The van der Waals surface area contributed by atoms with E-state index in [0.29, 0.717) is 11.4 Å². The first kappa shape index (κ1) is 21.5. The Kier molecular flexibility index (Phi) is 6.85. The van der Waals surface area contributed by atoms with E-state index in [2.05, 4.69) is 43.4 Å². The van der Waals surface area contributed by atoms with Crippen molar-refractivity contribution in [2.45, 2.75) is 26.4 Å². The van der Waals surface area contributed by atoms with Crippen molar-refractivity contribution in [2.24, 2.45) is 0 Å². The summed E-state index contributed by atoms with van der Waals surface area (Å²) in [5.41, 5.74) is 1.15. The molecule has 150 valence electrons. The van der Waals surface area contributed by atoms with Crippen LogP contribution in [0.1, 0.15) is 31.3 Å². The minimum Gasteiger partial charge on any atom is -0.444 e. The molecule has 28 heavy (non-hydrogen) atoms. The van der Waals surface area contributed by atoms with Gasteiger partial charge in [0.1, 0.15) is 11.3 Å². The van der Waals surface area contributed by atoms with Crippen LogP contribution >= 0.6 is 15.9 Å². The van der Waals surface area contributed by atoms with E-state index in [9.17, 15) is 14.4 Å². The molecule has 1 heterocycles. The Morgan fingerprint density at radius 3 is 2.46 bits per heavy atom. The predicted molar refractivity (Wildman–Crippen MR) is 112 cm³/mol. The molecular formula is C19H23BrN4O4. The van der Waals surface area contributed by atoms with Crippen molar-refractivity contribution in [3.63, 3.8) is 0 Å². The molecule has 0 unspecified atom stereocenters. The van der Waals surface area contributed by atoms with E-state index in [0.717, 1.165) is 10.9 Å². The van der Waals surface area contributed by atoms with Gasteiger partial charge in [0, 0.05) is 29.7 Å². The zero-order valence-electron chi connectivity index (χ0n) is 15.9. The van der Waals surface area contributed by atoms with Crippen molar-refractivity contribution < 1.29 is 19.1 Å². The normalized spacial score (nSPS) is 11.0. The maximum absolute atomic E-state index is 12.3. The highest BCUT2D eigenvalue weighted by atomic mass is 79.9. The average Bonchev–Trinajstić information content (AvgIpc) is 3.00. The van der Waals surface area contributed by atoms with E-state index in [1.165, 1.54) is 0 Å². The lowest BCUT2D eigenvalue weighted by molar-refractivity contribution is -0.112. The van der Waals surface area contributed by atoms with Crippen molar-refractivity contribution in [3.8, 4) is 0 Å². The first-order chi connectivity index (χ1) is 13.0. The third-order valence-corrected chi connectivity index (χ3v) is 3.81. The number of aromatic amines is 1. The molecule has 0 atom stereocenters. The summed E-state index contributed by atoms with van der Waals surface area (Å²) in [5, 5.41) is 8.74. The van der Waals surface area contributed by atoms with Crippen LogP contribution in [0.25, 0.3) is 10.9 Å². The number of anilines is 1. The Labute approximate surface area is 171 Å². The predicted octanol–water partition coefficient (Wildman–Crippen LogP) is 3.27. The number of carbonyl (C=O) groups excluding carboxylic acids is 3. The number of amides is 3. The molecule has 3 amide bonds. The molecule has 2 rings (SSSR count). The number of aromatic nitrogens is 1. The molecule has 1 aromatic carbocycles. The molecule has 0 saturated carbocycles. The van der Waals surface area contributed by atoms with Gasteiger partial charge in [-0.3, -0.25) is 9.59 Å². The number of nitrogens with one attached hydrogen (secondary N) is 4. The lowest BCUT2D eigenvalue weighted by Crippen LogP contribution is -2.37. The summed E-state index contributed by atoms with van der Waals surface area (Å²) >= 11 is 3.02. The van der Waals surface area contributed by atoms with Gasteiger partial charge in [0.15, 0.2) is 0 Å². The molecule has 0 saturated heterocycles. The van der Waals surface area contributed by atoms with Crippen LogP contribution in [0.5, 0.6) is 0 Å². The fourth-order valence-corrected chi connectivity index (χ4v) is 2.38. The highest BCUT2D eigenvalue weighted by Gasteiger charge is 2.16. The van der Waals surface area contributed by atoms with Crippen molar-refractivity contribution >= 4 is 50.4 Å². The quantitative estimate of drug-likeness (QED) is 0.399. The number of hydrogen-bond acceptors (Lipinski definition) is 4. The van der Waals surface area contributed by atoms with E-state index in [1.807, 2.05) is 0 Å². The van der Waals surface area contributed by atoms with E-state index < -0.39 is 11.7 Å². The molecule has 0 bridgehead atoms. The second-order valence-corrected chi connectivity index (χ2v) is 7.99. The Morgan fingerprint density at radius 2 is 1.82 bits per heavy atom. The van der Waals surface area contributed by atoms with Crippen LogP contribution in [-0.2, 0) is 9.53 Å². The van der Waals surface area contributed by atoms with Gasteiger partial charge in [0.25, 0.3) is 11.8 Å². The monoisotopic (exact) mass is 450 g/mol. The van der Waals surface area contributed by atoms with E-state index in [1.54, 1.807) is 45.0 Å². The maximum atomic E-state index is 12.3. The van der Waals surface area contributed by atoms with Crippen LogP contribution < -0.4 is 16.0 Å². The minimum atomic E-state index is -0.572. The number of H-pyrrole nitrogens is 1. The molecule has 4 N–H and O–H groups in total. The summed E-state index contributed by atoms with van der Waals surface area (Å²) < 4.78 is 5.34. The molecule has 0 radical (unpaired) electrons. The standard InChI is InChI=1S/C19H23BrN4O4/c1-11(20)16(25)23-13-5-6-14-12(9-13)10-15(24-14)17(26)21-7-8-22-18(27)28-19(2,3)4/h5-6,9-10,24H,1,7-8H2,2-4H3,(H,21,26)(H,22,27)(H,23,25). The summed E-state index contributed by atoms with van der Waals surface area (Å²) in [6.07, 6.45) is -0.534. The lowest BCUT2D eigenvalue weighted by Gasteiger charge is -2.19. The van der Waals surface area contributed by atoms with E-state index >= 15 is 0 Å². The van der Waals surface area contributed by atoms with Gasteiger partial charge in [-0.2, -0.15) is 0 Å². The van der Waals surface area contributed by atoms with Gasteiger partial charge in [0.2, 0.25) is 0 Å². The van der Waals surface area contributed by atoms with Crippen molar-refractivity contribution in [2.75, 3.05) is 18.4 Å². The minimum absolute atomic E-state index is 0.224. The molecule has 0 fully saturated rings. The maximum Gasteiger partial charge on any atom is 0.407 e. The van der Waals surface area contributed by atoms with Crippen molar-refractivity contribution in [1.29, 1.82) is 0 Å². The third-order valence-electron chi connectivity index (χ3n) is 3.45. The number of carbonyl (C=O) groups is 3. The molecule has 9 heteroatoms. The second kappa shape index (κ2) is 8.92. The van der Waals surface area contributed by atoms with E-state index in [-0.39, 0.29) is 29.4 Å². The highest BCUT2D eigenvalue weighted by Crippen LogP contribution is 2.21. The molecule has 0 spiro atoms. The Bertz CT molecular complexity index is 914. The van der Waals surface area contributed by atoms with Gasteiger partial charge in [-0.1, -0.05) is 6.58 Å². The number of ether oxygens (including phenoxy) is 1. The molecular weight excluding hydrogens is 428 g/mol. The van der Waals surface area contributed by atoms with Gasteiger partial charge in [-0.05, 0) is 61.0 Å². The molecule has 0 aliphatic carbocycles. The number of benzene rings is 1. The first-order valence-electron chi connectivity index (χ1n) is 8.59. The summed E-state index contributed by atoms with van der Waals surface area (Å²) in [4.78, 5) is 38.5. The molecule has 1 aromatic heterocycles. The zero-order valence-corrected chi connectivity index (χ0v) is 17.5. The van der Waals surface area contributed by atoms with Crippen LogP contribution in [0.15, 0.2) is 35.3 Å². The SMILES string of the molecule is C=C(Br)C(=O)Nc1ccc2[nH]c(C(=O)NCCNC(=O)OC(C)(C)C)cc2c1. The second-order valence-electron chi connectivity index (χ2n) is 7.03. The number of halogens is 1. The summed E-state index contributed by atoms with van der Waals surface area (Å²) in [5.74, 6) is -0.646. The highest BCUT2D eigenvalue weighted by molar-refractivity contribution is 9.12. The first-order valence-corrected chi connectivity index (χ1v) is 9.38. The fraction of sp³-hybridized carbons (Fsp3) is 0.316. The Balaban J connectivity index is 1.90. The summed E-state index contributed by atoms with van der Waals surface area (Å²) in [7, 11) is 0. The van der Waals surface area contributed by atoms with Crippen LogP contribution in [0, 0.1) is 0 Å². The average molecular weight is 451 g/mol. The molecule has 0 aliphatic rings. The van der Waals surface area contributed by atoms with Crippen LogP contribution in [0.2, 0.25) is 0 Å². The summed E-state index contributed by atoms with van der Waals surface area (Å²) in [6.45, 7) is 9.34. The van der Waals surface area contributed by atoms with Crippen molar-refractivity contribution in [3.05, 3.63) is 41.0 Å². The van der Waals surface area contributed by atoms with Crippen molar-refractivity contribution in [1.82, 2.24) is 15.6 Å². The number of rotatable bonds is 6.